The fourth-order valence-electron chi connectivity index (χ4n) is 1.94. The quantitative estimate of drug-likeness (QED) is 0.759. The molecular formula is C15H24O4. The zero-order chi connectivity index (χ0) is 14.3. The van der Waals surface area contributed by atoms with Crippen molar-refractivity contribution in [2.24, 2.45) is 0 Å². The Hall–Kier alpha value is -1.26. The van der Waals surface area contributed by atoms with Crippen molar-refractivity contribution < 1.29 is 19.7 Å². The van der Waals surface area contributed by atoms with Crippen LogP contribution in [0, 0.1) is 0 Å². The largest absolute Gasteiger partial charge is 0.493 e. The minimum Gasteiger partial charge on any atom is -0.493 e. The highest BCUT2D eigenvalue weighted by Gasteiger charge is 2.14. The van der Waals surface area contributed by atoms with Crippen molar-refractivity contribution in [1.82, 2.24) is 0 Å². The van der Waals surface area contributed by atoms with E-state index in [-0.39, 0.29) is 12.5 Å². The van der Waals surface area contributed by atoms with Crippen LogP contribution in [0.1, 0.15) is 38.2 Å². The van der Waals surface area contributed by atoms with Crippen LogP contribution in [0.25, 0.3) is 0 Å². The monoisotopic (exact) mass is 268 g/mol. The molecule has 2 unspecified atom stereocenters. The van der Waals surface area contributed by atoms with E-state index in [4.69, 9.17) is 14.6 Å². The molecule has 1 rings (SSSR count). The van der Waals surface area contributed by atoms with Crippen molar-refractivity contribution in [3.8, 4) is 11.5 Å². The van der Waals surface area contributed by atoms with Crippen molar-refractivity contribution >= 4 is 0 Å². The number of hydrogen-bond acceptors (Lipinski definition) is 4. The molecule has 0 fully saturated rings. The van der Waals surface area contributed by atoms with Crippen molar-refractivity contribution in [2.75, 3.05) is 20.3 Å². The summed E-state index contributed by atoms with van der Waals surface area (Å²) in [6.07, 6.45) is 0.788. The third kappa shape index (κ3) is 4.73. The smallest absolute Gasteiger partial charge is 0.161 e. The minimum atomic E-state index is -0.683. The fraction of sp³-hybridized carbons (Fsp3) is 0.600. The highest BCUT2D eigenvalue weighted by Crippen LogP contribution is 2.32. The Labute approximate surface area is 115 Å². The predicted octanol–water partition coefficient (Wildman–Crippen LogP) is 2.33. The van der Waals surface area contributed by atoms with Gasteiger partial charge in [0.25, 0.3) is 0 Å². The van der Waals surface area contributed by atoms with Gasteiger partial charge in [0.1, 0.15) is 0 Å². The molecule has 0 aliphatic carbocycles. The Morgan fingerprint density at radius 1 is 1.26 bits per heavy atom. The molecule has 0 radical (unpaired) electrons. The van der Waals surface area contributed by atoms with Crippen LogP contribution in [0.2, 0.25) is 0 Å². The topological polar surface area (TPSA) is 58.9 Å². The SMILES string of the molecule is CCCOc1ccc(C(C)CC(O)CO)cc1OC. The first-order chi connectivity index (χ1) is 9.12. The maximum absolute atomic E-state index is 9.48. The van der Waals surface area contributed by atoms with E-state index in [9.17, 15) is 5.11 Å². The lowest BCUT2D eigenvalue weighted by Gasteiger charge is -2.17. The van der Waals surface area contributed by atoms with Gasteiger partial charge in [-0.05, 0) is 36.5 Å². The second kappa shape index (κ2) is 8.02. The first-order valence-corrected chi connectivity index (χ1v) is 6.72. The summed E-state index contributed by atoms with van der Waals surface area (Å²) in [5, 5.41) is 18.4. The summed E-state index contributed by atoms with van der Waals surface area (Å²) in [6, 6.07) is 5.80. The van der Waals surface area contributed by atoms with E-state index < -0.39 is 6.10 Å². The molecule has 4 nitrogen and oxygen atoms in total. The van der Waals surface area contributed by atoms with Crippen LogP contribution in [0.5, 0.6) is 11.5 Å². The van der Waals surface area contributed by atoms with Gasteiger partial charge in [-0.3, -0.25) is 0 Å². The van der Waals surface area contributed by atoms with E-state index in [0.717, 1.165) is 17.7 Å². The first-order valence-electron chi connectivity index (χ1n) is 6.72. The zero-order valence-corrected chi connectivity index (χ0v) is 11.9. The van der Waals surface area contributed by atoms with Gasteiger partial charge in [0.15, 0.2) is 11.5 Å². The number of hydrogen-bond donors (Lipinski definition) is 2. The Kier molecular flexibility index (Phi) is 6.67. The number of aliphatic hydroxyl groups is 2. The second-order valence-corrected chi connectivity index (χ2v) is 4.73. The summed E-state index contributed by atoms with van der Waals surface area (Å²) in [6.45, 7) is 4.52. The predicted molar refractivity (Wildman–Crippen MR) is 74.9 cm³/mol. The summed E-state index contributed by atoms with van der Waals surface area (Å²) >= 11 is 0. The molecule has 108 valence electrons. The molecule has 4 heteroatoms. The number of ether oxygens (including phenoxy) is 2. The van der Waals surface area contributed by atoms with Crippen LogP contribution >= 0.6 is 0 Å². The van der Waals surface area contributed by atoms with E-state index in [1.807, 2.05) is 25.1 Å². The summed E-state index contributed by atoms with van der Waals surface area (Å²) in [5.74, 6) is 1.59. The van der Waals surface area contributed by atoms with Crippen LogP contribution in [0.15, 0.2) is 18.2 Å². The Bertz CT molecular complexity index is 378. The minimum absolute atomic E-state index is 0.149. The molecule has 0 heterocycles. The maximum Gasteiger partial charge on any atom is 0.161 e. The zero-order valence-electron chi connectivity index (χ0n) is 11.9. The Balaban J connectivity index is 2.80. The van der Waals surface area contributed by atoms with E-state index >= 15 is 0 Å². The first kappa shape index (κ1) is 15.8. The molecule has 2 N–H and O–H groups in total. The molecule has 19 heavy (non-hydrogen) atoms. The molecule has 0 spiro atoms. The number of benzene rings is 1. The van der Waals surface area contributed by atoms with Gasteiger partial charge in [-0.15, -0.1) is 0 Å². The van der Waals surface area contributed by atoms with Gasteiger partial charge in [0.05, 0.1) is 26.4 Å². The van der Waals surface area contributed by atoms with Crippen molar-refractivity contribution in [1.29, 1.82) is 0 Å². The average molecular weight is 268 g/mol. The Morgan fingerprint density at radius 3 is 2.58 bits per heavy atom. The molecule has 0 amide bonds. The average Bonchev–Trinajstić information content (AvgIpc) is 2.44. The molecule has 2 atom stereocenters. The number of rotatable bonds is 8. The molecular weight excluding hydrogens is 244 g/mol. The highest BCUT2D eigenvalue weighted by atomic mass is 16.5. The van der Waals surface area contributed by atoms with Gasteiger partial charge in [0.2, 0.25) is 0 Å². The van der Waals surface area contributed by atoms with Crippen LogP contribution < -0.4 is 9.47 Å². The van der Waals surface area contributed by atoms with Gasteiger partial charge in [-0.1, -0.05) is 19.9 Å². The van der Waals surface area contributed by atoms with Crippen LogP contribution in [-0.4, -0.2) is 36.6 Å². The lowest BCUT2D eigenvalue weighted by Crippen LogP contribution is -2.15. The van der Waals surface area contributed by atoms with Gasteiger partial charge < -0.3 is 19.7 Å². The van der Waals surface area contributed by atoms with Crippen LogP contribution in [0.3, 0.4) is 0 Å². The lowest BCUT2D eigenvalue weighted by molar-refractivity contribution is 0.0835. The summed E-state index contributed by atoms with van der Waals surface area (Å²) in [4.78, 5) is 0. The molecule has 1 aromatic carbocycles. The fourth-order valence-corrected chi connectivity index (χ4v) is 1.94. The van der Waals surface area contributed by atoms with Crippen LogP contribution in [-0.2, 0) is 0 Å². The third-order valence-corrected chi connectivity index (χ3v) is 3.05. The molecule has 0 bridgehead atoms. The highest BCUT2D eigenvalue weighted by molar-refractivity contribution is 5.43. The van der Waals surface area contributed by atoms with Crippen LogP contribution in [0.4, 0.5) is 0 Å². The number of methoxy groups -OCH3 is 1. The van der Waals surface area contributed by atoms with Crippen molar-refractivity contribution in [2.45, 2.75) is 38.7 Å². The van der Waals surface area contributed by atoms with Gasteiger partial charge >= 0.3 is 0 Å². The van der Waals surface area contributed by atoms with E-state index in [1.165, 1.54) is 0 Å². The second-order valence-electron chi connectivity index (χ2n) is 4.73. The van der Waals surface area contributed by atoms with Crippen molar-refractivity contribution in [3.05, 3.63) is 23.8 Å². The standard InChI is InChI=1S/C15H24O4/c1-4-7-19-14-6-5-12(9-15(14)18-3)11(2)8-13(17)10-16/h5-6,9,11,13,16-17H,4,7-8,10H2,1-3H3. The molecule has 0 aliphatic rings. The molecule has 0 saturated carbocycles. The van der Waals surface area contributed by atoms with Gasteiger partial charge in [-0.2, -0.15) is 0 Å². The summed E-state index contributed by atoms with van der Waals surface area (Å²) < 4.78 is 10.9. The Morgan fingerprint density at radius 2 is 2.00 bits per heavy atom. The maximum atomic E-state index is 9.48. The summed E-state index contributed by atoms with van der Waals surface area (Å²) in [5.41, 5.74) is 1.06. The molecule has 1 aromatic rings. The molecule has 0 aromatic heterocycles. The van der Waals surface area contributed by atoms with Gasteiger partial charge in [-0.25, -0.2) is 0 Å². The lowest BCUT2D eigenvalue weighted by atomic mass is 9.95. The van der Waals surface area contributed by atoms with E-state index in [2.05, 4.69) is 6.92 Å². The van der Waals surface area contributed by atoms with Crippen molar-refractivity contribution in [3.63, 3.8) is 0 Å². The third-order valence-electron chi connectivity index (χ3n) is 3.05. The van der Waals surface area contributed by atoms with E-state index in [1.54, 1.807) is 7.11 Å². The summed E-state index contributed by atoms with van der Waals surface area (Å²) in [7, 11) is 1.62. The number of aliphatic hydroxyl groups excluding tert-OH is 2. The molecule has 0 saturated heterocycles. The van der Waals surface area contributed by atoms with E-state index in [0.29, 0.717) is 18.8 Å². The molecule has 0 aliphatic heterocycles. The van der Waals surface area contributed by atoms with Gasteiger partial charge in [0, 0.05) is 0 Å². The normalized spacial score (nSPS) is 13.9.